The van der Waals surface area contributed by atoms with Gasteiger partial charge < -0.3 is 4.90 Å². The molecule has 5 rings (SSSR count). The quantitative estimate of drug-likeness (QED) is 0.357. The largest absolute Gasteiger partial charge is 0.337 e. The van der Waals surface area contributed by atoms with Crippen molar-refractivity contribution < 1.29 is 13.2 Å². The topological polar surface area (TPSA) is 69.7 Å². The first-order valence-corrected chi connectivity index (χ1v) is 15.2. The first-order valence-electron chi connectivity index (χ1n) is 12.1. The first-order chi connectivity index (χ1) is 17.5. The molecule has 2 atom stereocenters. The maximum absolute atomic E-state index is 13.4. The van der Waals surface area contributed by atoms with Crippen LogP contribution in [-0.4, -0.2) is 50.3 Å². The highest BCUT2D eigenvalue weighted by Crippen LogP contribution is 2.52. The Morgan fingerprint density at radius 3 is 2.14 bits per heavy atom. The normalized spacial score (nSPS) is 23.7. The van der Waals surface area contributed by atoms with Crippen molar-refractivity contribution in [3.05, 3.63) is 92.9 Å². The molecular formula is C28H29Br2N3O3S. The third-order valence-corrected chi connectivity index (χ3v) is 10.7. The summed E-state index contributed by atoms with van der Waals surface area (Å²) in [6.07, 6.45) is 0. The van der Waals surface area contributed by atoms with E-state index in [1.807, 2.05) is 11.0 Å². The molecule has 0 aliphatic carbocycles. The monoisotopic (exact) mass is 645 g/mol. The summed E-state index contributed by atoms with van der Waals surface area (Å²) < 4.78 is 29.5. The fraction of sp³-hybridized carbons (Fsp3) is 0.321. The van der Waals surface area contributed by atoms with Crippen molar-refractivity contribution in [2.45, 2.75) is 25.3 Å². The molecule has 2 heterocycles. The molecule has 0 radical (unpaired) electrons. The Labute approximate surface area is 235 Å². The van der Waals surface area contributed by atoms with Crippen molar-refractivity contribution in [2.24, 2.45) is 10.8 Å². The fourth-order valence-electron chi connectivity index (χ4n) is 5.66. The van der Waals surface area contributed by atoms with E-state index in [-0.39, 0.29) is 21.6 Å². The number of hydrogen-bond acceptors (Lipinski definition) is 4. The van der Waals surface area contributed by atoms with E-state index < -0.39 is 10.0 Å². The third kappa shape index (κ3) is 5.24. The van der Waals surface area contributed by atoms with E-state index in [9.17, 15) is 13.2 Å². The molecule has 2 unspecified atom stereocenters. The van der Waals surface area contributed by atoms with Crippen LogP contribution in [0, 0.1) is 10.8 Å². The highest BCUT2D eigenvalue weighted by Gasteiger charge is 2.58. The summed E-state index contributed by atoms with van der Waals surface area (Å²) in [6, 6.07) is 22.1. The van der Waals surface area contributed by atoms with E-state index in [4.69, 9.17) is 0 Å². The lowest BCUT2D eigenvalue weighted by Gasteiger charge is -2.30. The molecule has 0 bridgehead atoms. The van der Waals surface area contributed by atoms with Gasteiger partial charge in [-0.15, -0.1) is 0 Å². The predicted molar refractivity (Wildman–Crippen MR) is 153 cm³/mol. The summed E-state index contributed by atoms with van der Waals surface area (Å²) in [7, 11) is -3.80. The number of rotatable bonds is 6. The van der Waals surface area contributed by atoms with Gasteiger partial charge in [0.1, 0.15) is 4.90 Å². The number of carbonyl (C=O) groups excluding carboxylic acids is 1. The number of carbonyl (C=O) groups is 1. The van der Waals surface area contributed by atoms with Crippen LogP contribution in [0.4, 0.5) is 5.69 Å². The molecule has 2 saturated heterocycles. The highest BCUT2D eigenvalue weighted by atomic mass is 79.9. The average Bonchev–Trinajstić information content (AvgIpc) is 3.24. The molecule has 2 aliphatic rings. The molecule has 3 aromatic carbocycles. The lowest BCUT2D eigenvalue weighted by molar-refractivity contribution is 0.0757. The maximum atomic E-state index is 13.4. The highest BCUT2D eigenvalue weighted by molar-refractivity contribution is 9.11. The van der Waals surface area contributed by atoms with Gasteiger partial charge >= 0.3 is 0 Å². The minimum Gasteiger partial charge on any atom is -0.337 e. The van der Waals surface area contributed by atoms with Gasteiger partial charge in [-0.2, -0.15) is 0 Å². The summed E-state index contributed by atoms with van der Waals surface area (Å²) in [6.45, 7) is 8.83. The number of anilines is 1. The van der Waals surface area contributed by atoms with Crippen LogP contribution in [0.1, 0.15) is 29.8 Å². The van der Waals surface area contributed by atoms with Gasteiger partial charge in [0.25, 0.3) is 15.9 Å². The second-order valence-corrected chi connectivity index (χ2v) is 14.1. The lowest BCUT2D eigenvalue weighted by Crippen LogP contribution is -2.35. The van der Waals surface area contributed by atoms with Crippen LogP contribution < -0.4 is 4.72 Å². The predicted octanol–water partition coefficient (Wildman–Crippen LogP) is 6.00. The van der Waals surface area contributed by atoms with Gasteiger partial charge in [-0.25, -0.2) is 8.42 Å². The standard InChI is InChI=1S/C28H29Br2N3O3S/c1-27-16-32(15-20-6-4-3-5-7-20)17-28(27,2)19-33(18-27)26(34)21-8-11-23(12-9-21)31-37(35,36)25-14-22(29)10-13-24(25)30/h3-14,31H,15-19H2,1-2H3. The summed E-state index contributed by atoms with van der Waals surface area (Å²) in [5.41, 5.74) is 2.30. The van der Waals surface area contributed by atoms with E-state index in [0.29, 0.717) is 33.3 Å². The number of benzene rings is 3. The Kier molecular flexibility index (Phi) is 7.02. The van der Waals surface area contributed by atoms with Crippen molar-refractivity contribution in [2.75, 3.05) is 30.9 Å². The van der Waals surface area contributed by atoms with E-state index in [1.54, 1.807) is 36.4 Å². The number of likely N-dealkylation sites (tertiary alicyclic amines) is 2. The number of fused-ring (bicyclic) bond motifs is 1. The zero-order valence-electron chi connectivity index (χ0n) is 20.7. The Morgan fingerprint density at radius 2 is 1.51 bits per heavy atom. The average molecular weight is 647 g/mol. The zero-order valence-corrected chi connectivity index (χ0v) is 24.7. The summed E-state index contributed by atoms with van der Waals surface area (Å²) in [4.78, 5) is 18.0. The maximum Gasteiger partial charge on any atom is 0.263 e. The SMILES string of the molecule is CC12CN(Cc3ccccc3)CC1(C)CN(C(=O)c1ccc(NS(=O)(=O)c3cc(Br)ccc3Br)cc1)C2. The Hall–Kier alpha value is -2.20. The molecule has 2 aliphatic heterocycles. The Morgan fingerprint density at radius 1 is 0.892 bits per heavy atom. The number of halogens is 2. The second-order valence-electron chi connectivity index (χ2n) is 10.7. The van der Waals surface area contributed by atoms with Crippen molar-refractivity contribution in [3.63, 3.8) is 0 Å². The van der Waals surface area contributed by atoms with Gasteiger partial charge in [0.2, 0.25) is 0 Å². The number of nitrogens with one attached hydrogen (secondary N) is 1. The van der Waals surface area contributed by atoms with Crippen LogP contribution >= 0.6 is 31.9 Å². The van der Waals surface area contributed by atoms with Gasteiger partial charge in [-0.1, -0.05) is 60.1 Å². The van der Waals surface area contributed by atoms with Crippen LogP contribution in [0.3, 0.4) is 0 Å². The van der Waals surface area contributed by atoms with Gasteiger partial charge in [0.15, 0.2) is 0 Å². The summed E-state index contributed by atoms with van der Waals surface area (Å²) >= 11 is 6.62. The van der Waals surface area contributed by atoms with Crippen molar-refractivity contribution in [3.8, 4) is 0 Å². The molecular weight excluding hydrogens is 618 g/mol. The van der Waals surface area contributed by atoms with Crippen molar-refractivity contribution >= 4 is 53.5 Å². The number of amides is 1. The number of nitrogens with zero attached hydrogens (tertiary/aromatic N) is 2. The third-order valence-electron chi connectivity index (χ3n) is 7.78. The van der Waals surface area contributed by atoms with Gasteiger partial charge in [0.05, 0.1) is 0 Å². The van der Waals surface area contributed by atoms with Gasteiger partial charge in [-0.3, -0.25) is 14.4 Å². The summed E-state index contributed by atoms with van der Waals surface area (Å²) in [5.74, 6) is -0.0180. The van der Waals surface area contributed by atoms with Crippen LogP contribution in [0.25, 0.3) is 0 Å². The van der Waals surface area contributed by atoms with Crippen molar-refractivity contribution in [1.29, 1.82) is 0 Å². The van der Waals surface area contributed by atoms with Crippen LogP contribution in [-0.2, 0) is 16.6 Å². The van der Waals surface area contributed by atoms with Crippen molar-refractivity contribution in [1.82, 2.24) is 9.80 Å². The molecule has 2 fully saturated rings. The molecule has 3 aromatic rings. The Bertz CT molecular complexity index is 1410. The molecule has 0 aromatic heterocycles. The molecule has 1 amide bonds. The fourth-order valence-corrected chi connectivity index (χ4v) is 8.22. The molecule has 0 spiro atoms. The van der Waals surface area contributed by atoms with Crippen LogP contribution in [0.5, 0.6) is 0 Å². The lowest BCUT2D eigenvalue weighted by atomic mass is 9.71. The Balaban J connectivity index is 1.25. The van der Waals surface area contributed by atoms with Crippen LogP contribution in [0.15, 0.2) is 86.6 Å². The van der Waals surface area contributed by atoms with Crippen LogP contribution in [0.2, 0.25) is 0 Å². The molecule has 194 valence electrons. The second kappa shape index (κ2) is 9.84. The number of hydrogen-bond donors (Lipinski definition) is 1. The zero-order chi connectivity index (χ0) is 26.4. The molecule has 37 heavy (non-hydrogen) atoms. The minimum absolute atomic E-state index is 0.0180. The van der Waals surface area contributed by atoms with Gasteiger partial charge in [0, 0.05) is 63.8 Å². The molecule has 9 heteroatoms. The molecule has 6 nitrogen and oxygen atoms in total. The minimum atomic E-state index is -3.80. The smallest absolute Gasteiger partial charge is 0.263 e. The van der Waals surface area contributed by atoms with Gasteiger partial charge in [-0.05, 0) is 64.0 Å². The van der Waals surface area contributed by atoms with E-state index in [2.05, 4.69) is 79.6 Å². The summed E-state index contributed by atoms with van der Waals surface area (Å²) in [5, 5.41) is 0. The van der Waals surface area contributed by atoms with E-state index >= 15 is 0 Å². The molecule has 1 N–H and O–H groups in total. The molecule has 0 saturated carbocycles. The van der Waals surface area contributed by atoms with E-state index in [1.165, 1.54) is 11.6 Å². The first kappa shape index (κ1) is 26.4. The van der Waals surface area contributed by atoms with E-state index in [0.717, 1.165) is 19.6 Å². The number of sulfonamides is 1.